The summed E-state index contributed by atoms with van der Waals surface area (Å²) < 4.78 is 24.1. The Labute approximate surface area is 194 Å². The van der Waals surface area contributed by atoms with E-state index in [4.69, 9.17) is 9.47 Å². The van der Waals surface area contributed by atoms with E-state index in [1.807, 2.05) is 13.0 Å². The van der Waals surface area contributed by atoms with E-state index in [1.54, 1.807) is 0 Å². The van der Waals surface area contributed by atoms with Gasteiger partial charge in [0.05, 0.1) is 14.2 Å². The molecule has 2 rings (SSSR count). The maximum absolute atomic E-state index is 13.3. The van der Waals surface area contributed by atoms with E-state index in [0.29, 0.717) is 28.9 Å². The lowest BCUT2D eigenvalue weighted by atomic mass is 9.90. The number of hydrogen-bond donors (Lipinski definition) is 1. The van der Waals surface area contributed by atoms with Crippen molar-refractivity contribution >= 4 is 11.8 Å². The summed E-state index contributed by atoms with van der Waals surface area (Å²) in [6, 6.07) is 6.73. The van der Waals surface area contributed by atoms with Gasteiger partial charge in [0.25, 0.3) is 0 Å². The molecule has 2 aromatic carbocycles. The van der Waals surface area contributed by atoms with Crippen LogP contribution in [0.25, 0.3) is 0 Å². The number of methoxy groups -OCH3 is 2. The highest BCUT2D eigenvalue weighted by atomic mass is 19.1. The summed E-state index contributed by atoms with van der Waals surface area (Å²) in [7, 11) is 2.87. The van der Waals surface area contributed by atoms with Crippen molar-refractivity contribution in [3.63, 3.8) is 0 Å². The Hall–Kier alpha value is -3.41. The summed E-state index contributed by atoms with van der Waals surface area (Å²) in [5.41, 5.74) is 3.59. The van der Waals surface area contributed by atoms with Crippen LogP contribution in [0.5, 0.6) is 11.5 Å². The van der Waals surface area contributed by atoms with Crippen LogP contribution in [0.4, 0.5) is 4.39 Å². The Kier molecular flexibility index (Phi) is 9.40. The lowest BCUT2D eigenvalue weighted by Gasteiger charge is -2.18. The number of carbonyl (C=O) groups is 2. The highest BCUT2D eigenvalue weighted by Gasteiger charge is 2.25. The van der Waals surface area contributed by atoms with Crippen LogP contribution >= 0.6 is 0 Å². The molecule has 0 aromatic heterocycles. The van der Waals surface area contributed by atoms with E-state index in [1.165, 1.54) is 50.1 Å². The minimum atomic E-state index is -1.19. The van der Waals surface area contributed by atoms with Gasteiger partial charge in [-0.25, -0.2) is 9.18 Å². The van der Waals surface area contributed by atoms with Crippen molar-refractivity contribution in [3.8, 4) is 11.5 Å². The van der Waals surface area contributed by atoms with Gasteiger partial charge in [-0.05, 0) is 69.9 Å². The van der Waals surface area contributed by atoms with E-state index in [9.17, 15) is 19.1 Å². The molecule has 0 atom stereocenters. The number of ether oxygens (including phenoxy) is 2. The predicted molar refractivity (Wildman–Crippen MR) is 127 cm³/mol. The zero-order valence-electron chi connectivity index (χ0n) is 19.8. The molecule has 0 radical (unpaired) electrons. The van der Waals surface area contributed by atoms with Crippen molar-refractivity contribution in [2.45, 2.75) is 46.5 Å². The van der Waals surface area contributed by atoms with Crippen molar-refractivity contribution in [1.82, 2.24) is 0 Å². The van der Waals surface area contributed by atoms with E-state index in [2.05, 4.69) is 19.9 Å². The fourth-order valence-electron chi connectivity index (χ4n) is 3.59. The smallest absolute Gasteiger partial charge is 0.339 e. The fourth-order valence-corrected chi connectivity index (χ4v) is 3.59. The number of benzene rings is 2. The SMILES string of the molecule is COc1cc(OC)c(C(=O)O)c(CC(=O)c2ccc(F)cc2)c1C/C=C(\C)CCC=C(C)C. The zero-order valence-corrected chi connectivity index (χ0v) is 19.8. The molecular formula is C27H31FO5. The topological polar surface area (TPSA) is 72.8 Å². The standard InChI is InChI=1S/C27H31FO5/c1-17(2)7-6-8-18(3)9-14-21-22(15-23(29)19-10-12-20(28)13-11-19)26(27(30)31)25(33-5)16-24(21)32-4/h7,9-13,16H,6,8,14-15H2,1-5H3,(H,30,31)/b18-9+. The van der Waals surface area contributed by atoms with Crippen molar-refractivity contribution < 1.29 is 28.6 Å². The number of aromatic carboxylic acids is 1. The molecular weight excluding hydrogens is 423 g/mol. The monoisotopic (exact) mass is 454 g/mol. The lowest BCUT2D eigenvalue weighted by molar-refractivity contribution is 0.0692. The number of allylic oxidation sites excluding steroid dienone is 4. The van der Waals surface area contributed by atoms with Crippen LogP contribution in [-0.4, -0.2) is 31.1 Å². The molecule has 0 aliphatic heterocycles. The average Bonchev–Trinajstić information content (AvgIpc) is 2.77. The van der Waals surface area contributed by atoms with E-state index < -0.39 is 11.8 Å². The summed E-state index contributed by atoms with van der Waals surface area (Å²) in [5.74, 6) is -1.39. The molecule has 0 unspecified atom stereocenters. The molecule has 0 fully saturated rings. The Morgan fingerprint density at radius 3 is 2.15 bits per heavy atom. The molecule has 0 bridgehead atoms. The van der Waals surface area contributed by atoms with E-state index >= 15 is 0 Å². The number of ketones is 1. The highest BCUT2D eigenvalue weighted by molar-refractivity contribution is 6.01. The fraction of sp³-hybridized carbons (Fsp3) is 0.333. The van der Waals surface area contributed by atoms with Crippen LogP contribution in [0.2, 0.25) is 0 Å². The van der Waals surface area contributed by atoms with Gasteiger partial charge in [-0.3, -0.25) is 4.79 Å². The molecule has 0 saturated carbocycles. The van der Waals surface area contributed by atoms with E-state index in [-0.39, 0.29) is 23.5 Å². The van der Waals surface area contributed by atoms with Gasteiger partial charge in [-0.1, -0.05) is 23.3 Å². The first kappa shape index (κ1) is 25.8. The molecule has 5 nitrogen and oxygen atoms in total. The Morgan fingerprint density at radius 2 is 1.61 bits per heavy atom. The van der Waals surface area contributed by atoms with Crippen molar-refractivity contribution in [2.75, 3.05) is 14.2 Å². The first-order chi connectivity index (χ1) is 15.7. The summed E-state index contributed by atoms with van der Waals surface area (Å²) in [6.45, 7) is 6.13. The van der Waals surface area contributed by atoms with Crippen LogP contribution in [0, 0.1) is 5.82 Å². The maximum Gasteiger partial charge on any atom is 0.339 e. The average molecular weight is 455 g/mol. The van der Waals surface area contributed by atoms with Gasteiger partial charge in [0.15, 0.2) is 5.78 Å². The third-order valence-electron chi connectivity index (χ3n) is 5.38. The third kappa shape index (κ3) is 7.04. The maximum atomic E-state index is 13.3. The van der Waals surface area contributed by atoms with Gasteiger partial charge < -0.3 is 14.6 Å². The van der Waals surface area contributed by atoms with Crippen molar-refractivity contribution in [1.29, 1.82) is 0 Å². The number of Topliss-reactive ketones (excluding diaryl/α,β-unsaturated/α-hetero) is 1. The minimum Gasteiger partial charge on any atom is -0.496 e. The van der Waals surface area contributed by atoms with Crippen LogP contribution in [0.15, 0.2) is 53.6 Å². The van der Waals surface area contributed by atoms with Gasteiger partial charge in [0, 0.05) is 23.6 Å². The predicted octanol–water partition coefficient (Wildman–Crippen LogP) is 6.20. The summed E-state index contributed by atoms with van der Waals surface area (Å²) in [6.07, 6.45) is 6.21. The second-order valence-corrected chi connectivity index (χ2v) is 8.10. The number of carboxylic acids is 1. The number of rotatable bonds is 11. The molecule has 176 valence electrons. The molecule has 0 spiro atoms. The Bertz CT molecular complexity index is 1060. The van der Waals surface area contributed by atoms with Gasteiger partial charge in [0.1, 0.15) is 22.9 Å². The molecule has 2 aromatic rings. The first-order valence-electron chi connectivity index (χ1n) is 10.8. The van der Waals surface area contributed by atoms with Crippen molar-refractivity contribution in [2.24, 2.45) is 0 Å². The lowest BCUT2D eigenvalue weighted by Crippen LogP contribution is -2.14. The second-order valence-electron chi connectivity index (χ2n) is 8.10. The van der Waals surface area contributed by atoms with Gasteiger partial charge >= 0.3 is 5.97 Å². The number of carbonyl (C=O) groups excluding carboxylic acids is 1. The molecule has 0 aliphatic rings. The summed E-state index contributed by atoms with van der Waals surface area (Å²) in [5, 5.41) is 9.93. The first-order valence-corrected chi connectivity index (χ1v) is 10.8. The molecule has 1 N–H and O–H groups in total. The van der Waals surface area contributed by atoms with Gasteiger partial charge in [0.2, 0.25) is 0 Å². The van der Waals surface area contributed by atoms with Crippen LogP contribution in [0.3, 0.4) is 0 Å². The van der Waals surface area contributed by atoms with Gasteiger partial charge in [-0.15, -0.1) is 0 Å². The highest BCUT2D eigenvalue weighted by Crippen LogP contribution is 2.35. The number of halogens is 1. The van der Waals surface area contributed by atoms with Crippen LogP contribution in [0.1, 0.15) is 65.5 Å². The number of hydrogen-bond acceptors (Lipinski definition) is 4. The molecule has 6 heteroatoms. The zero-order chi connectivity index (χ0) is 24.5. The molecule has 0 aliphatic carbocycles. The largest absolute Gasteiger partial charge is 0.496 e. The molecule has 0 heterocycles. The third-order valence-corrected chi connectivity index (χ3v) is 5.38. The minimum absolute atomic E-state index is 0.0700. The van der Waals surface area contributed by atoms with Gasteiger partial charge in [-0.2, -0.15) is 0 Å². The Balaban J connectivity index is 2.53. The number of carboxylic acid groups (broad SMARTS) is 1. The van der Waals surface area contributed by atoms with Crippen LogP contribution < -0.4 is 9.47 Å². The second kappa shape index (κ2) is 12.0. The summed E-state index contributed by atoms with van der Waals surface area (Å²) in [4.78, 5) is 25.1. The van der Waals surface area contributed by atoms with E-state index in [0.717, 1.165) is 18.4 Å². The normalized spacial score (nSPS) is 11.2. The molecule has 0 amide bonds. The Morgan fingerprint density at radius 1 is 0.970 bits per heavy atom. The van der Waals surface area contributed by atoms with Crippen molar-refractivity contribution in [3.05, 3.63) is 81.7 Å². The quantitative estimate of drug-likeness (QED) is 0.323. The summed E-state index contributed by atoms with van der Waals surface area (Å²) >= 11 is 0. The molecule has 33 heavy (non-hydrogen) atoms. The molecule has 0 saturated heterocycles. The van der Waals surface area contributed by atoms with Crippen LogP contribution in [-0.2, 0) is 12.8 Å².